The van der Waals surface area contributed by atoms with Gasteiger partial charge in [-0.3, -0.25) is 14.2 Å². The van der Waals surface area contributed by atoms with E-state index in [1.807, 2.05) is 26.0 Å². The van der Waals surface area contributed by atoms with Crippen molar-refractivity contribution < 1.29 is 14.4 Å². The Morgan fingerprint density at radius 2 is 1.68 bits per heavy atom. The summed E-state index contributed by atoms with van der Waals surface area (Å²) in [7, 11) is 0. The van der Waals surface area contributed by atoms with Crippen LogP contribution < -0.4 is 0 Å². The molecule has 5 aliphatic carbocycles. The van der Waals surface area contributed by atoms with Gasteiger partial charge in [0, 0.05) is 22.9 Å². The lowest BCUT2D eigenvalue weighted by molar-refractivity contribution is -0.164. The fourth-order valence-corrected chi connectivity index (χ4v) is 11.1. The van der Waals surface area contributed by atoms with Crippen LogP contribution in [0.2, 0.25) is 0 Å². The molecule has 7 unspecified atom stereocenters. The highest BCUT2D eigenvalue weighted by Crippen LogP contribution is 2.74. The molecule has 0 aromatic carbocycles. The number of nitrogens with zero attached hydrogens (tertiary/aromatic N) is 3. The van der Waals surface area contributed by atoms with Crippen molar-refractivity contribution in [3.05, 3.63) is 53.1 Å². The minimum Gasteiger partial charge on any atom is -0.307 e. The molecule has 6 nitrogen and oxygen atoms in total. The minimum absolute atomic E-state index is 0.00787. The number of hydrogen-bond donors (Lipinski definition) is 0. The van der Waals surface area contributed by atoms with Gasteiger partial charge in [0.2, 0.25) is 15.4 Å². The summed E-state index contributed by atoms with van der Waals surface area (Å²) in [6.45, 7) is 22.9. The van der Waals surface area contributed by atoms with Crippen molar-refractivity contribution in [3.8, 4) is 0 Å². The van der Waals surface area contributed by atoms with Gasteiger partial charge >= 0.3 is 0 Å². The highest BCUT2D eigenvalue weighted by atomic mass is 35.6. The van der Waals surface area contributed by atoms with E-state index in [9.17, 15) is 14.4 Å². The number of imidazole rings is 1. The van der Waals surface area contributed by atoms with Crippen molar-refractivity contribution in [1.82, 2.24) is 9.55 Å². The van der Waals surface area contributed by atoms with E-state index >= 15 is 0 Å². The van der Waals surface area contributed by atoms with Gasteiger partial charge in [0.15, 0.2) is 11.6 Å². The van der Waals surface area contributed by atoms with Crippen LogP contribution in [0.15, 0.2) is 35.9 Å². The van der Waals surface area contributed by atoms with Crippen LogP contribution in [0.4, 0.5) is 0 Å². The predicted octanol–water partition coefficient (Wildman–Crippen LogP) is 8.92. The molecule has 0 radical (unpaired) electrons. The fourth-order valence-electron chi connectivity index (χ4n) is 10.8. The minimum atomic E-state index is -1.74. The Kier molecular flexibility index (Phi) is 6.95. The Morgan fingerprint density at radius 3 is 2.30 bits per heavy atom. The molecule has 0 bridgehead atoms. The standard InChI is InChI=1S/C35H42Cl3N3O3/c1-29(2)11-13-34(28(44)41-18-25(40-19-41)35(36,37)38)14-12-33(7)26(20(34)16-29)22(42)15-24-31(5)17-21(39-8)27(43)30(3,4)23(31)9-10-32(24,33)6/h15,17-20,23,26H,9-14,16H2,1-7H3. The van der Waals surface area contributed by atoms with Gasteiger partial charge in [0.25, 0.3) is 0 Å². The summed E-state index contributed by atoms with van der Waals surface area (Å²) in [4.78, 5) is 50.5. The molecule has 0 spiro atoms. The number of rotatable bonds is 1. The molecule has 0 amide bonds. The molecular weight excluding hydrogens is 617 g/mol. The summed E-state index contributed by atoms with van der Waals surface area (Å²) in [6.07, 6.45) is 12.1. The van der Waals surface area contributed by atoms with Gasteiger partial charge < -0.3 is 4.79 Å². The molecule has 44 heavy (non-hydrogen) atoms. The number of hydrogen-bond acceptors (Lipinski definition) is 4. The van der Waals surface area contributed by atoms with E-state index in [0.717, 1.165) is 31.3 Å². The molecule has 6 rings (SSSR count). The molecule has 3 saturated carbocycles. The topological polar surface area (TPSA) is 73.4 Å². The summed E-state index contributed by atoms with van der Waals surface area (Å²) in [5.41, 5.74) is -1.37. The highest BCUT2D eigenvalue weighted by Gasteiger charge is 2.70. The van der Waals surface area contributed by atoms with Crippen molar-refractivity contribution in [2.45, 2.75) is 97.2 Å². The maximum Gasteiger partial charge on any atom is 0.238 e. The molecule has 3 fully saturated rings. The zero-order chi connectivity index (χ0) is 32.5. The van der Waals surface area contributed by atoms with Gasteiger partial charge in [-0.2, -0.15) is 0 Å². The van der Waals surface area contributed by atoms with Gasteiger partial charge in [0.05, 0.1) is 12.0 Å². The second-order valence-electron chi connectivity index (χ2n) is 16.4. The second-order valence-corrected chi connectivity index (χ2v) is 18.6. The normalized spacial score (nSPS) is 40.8. The van der Waals surface area contributed by atoms with E-state index in [1.165, 1.54) is 17.1 Å². The van der Waals surface area contributed by atoms with Crippen LogP contribution in [0.5, 0.6) is 0 Å². The molecule has 5 aliphatic rings. The molecule has 7 atom stereocenters. The quantitative estimate of drug-likeness (QED) is 0.223. The first kappa shape index (κ1) is 32.0. The lowest BCUT2D eigenvalue weighted by Gasteiger charge is -2.69. The van der Waals surface area contributed by atoms with Crippen LogP contribution in [0.25, 0.3) is 4.85 Å². The SMILES string of the molecule is [C-]#[N+]C1=CC2(C)C3=CC(=O)C4C5CC(C)(C)CCC5(C(=O)n5cnc(C(Cl)(Cl)Cl)c5)CCC4(C)C3(C)CCC2C(C)(C)C1=O. The maximum absolute atomic E-state index is 14.7. The third-order valence-corrected chi connectivity index (χ3v) is 14.0. The number of halogens is 3. The third kappa shape index (κ3) is 4.10. The predicted molar refractivity (Wildman–Crippen MR) is 172 cm³/mol. The van der Waals surface area contributed by atoms with E-state index < -0.39 is 25.5 Å². The Labute approximate surface area is 275 Å². The van der Waals surface area contributed by atoms with Gasteiger partial charge in [0.1, 0.15) is 12.0 Å². The summed E-state index contributed by atoms with van der Waals surface area (Å²) >= 11 is 18.3. The van der Waals surface area contributed by atoms with Crippen LogP contribution in [0.3, 0.4) is 0 Å². The molecule has 0 aliphatic heterocycles. The summed E-state index contributed by atoms with van der Waals surface area (Å²) in [5, 5.41) is 0. The van der Waals surface area contributed by atoms with E-state index in [2.05, 4.69) is 44.4 Å². The van der Waals surface area contributed by atoms with Gasteiger partial charge in [-0.05, 0) is 79.1 Å². The first-order chi connectivity index (χ1) is 20.2. The Balaban J connectivity index is 1.50. The first-order valence-electron chi connectivity index (χ1n) is 15.8. The number of Topliss-reactive ketones (excluding diaryl/α,β-unsaturated/α-hetero) is 1. The van der Waals surface area contributed by atoms with Crippen molar-refractivity contribution in [1.29, 1.82) is 0 Å². The van der Waals surface area contributed by atoms with Crippen LogP contribution in [-0.4, -0.2) is 27.0 Å². The summed E-state index contributed by atoms with van der Waals surface area (Å²) < 4.78 is -0.266. The van der Waals surface area contributed by atoms with Crippen LogP contribution in [-0.2, 0) is 13.4 Å². The Hall–Kier alpha value is -1.94. The third-order valence-electron chi connectivity index (χ3n) is 13.4. The van der Waals surface area contributed by atoms with Gasteiger partial charge in [-0.15, -0.1) is 0 Å². The van der Waals surface area contributed by atoms with Crippen LogP contribution in [0.1, 0.15) is 104 Å². The zero-order valence-corrected chi connectivity index (χ0v) is 29.0. The maximum atomic E-state index is 14.7. The lowest BCUT2D eigenvalue weighted by Crippen LogP contribution is -2.66. The average molecular weight is 659 g/mol. The molecule has 0 saturated heterocycles. The number of alkyl halides is 3. The largest absolute Gasteiger partial charge is 0.307 e. The van der Waals surface area contributed by atoms with E-state index in [1.54, 1.807) is 0 Å². The lowest BCUT2D eigenvalue weighted by atomic mass is 9.34. The smallest absolute Gasteiger partial charge is 0.238 e. The number of fused-ring (bicyclic) bond motifs is 7. The second kappa shape index (κ2) is 9.55. The first-order valence-corrected chi connectivity index (χ1v) is 16.9. The number of aromatic nitrogens is 2. The Bertz CT molecular complexity index is 1590. The van der Waals surface area contributed by atoms with Crippen LogP contribution >= 0.6 is 34.8 Å². The van der Waals surface area contributed by atoms with E-state index in [0.29, 0.717) is 19.3 Å². The van der Waals surface area contributed by atoms with Crippen molar-refractivity contribution in [2.75, 3.05) is 0 Å². The average Bonchev–Trinajstić information content (AvgIpc) is 3.43. The number of allylic oxidation sites excluding steroid dienone is 4. The zero-order valence-electron chi connectivity index (χ0n) is 26.7. The van der Waals surface area contributed by atoms with Gasteiger partial charge in [-0.1, -0.05) is 94.9 Å². The summed E-state index contributed by atoms with van der Waals surface area (Å²) in [5.74, 6) is -0.621. The van der Waals surface area contributed by atoms with Crippen molar-refractivity contribution in [2.24, 2.45) is 50.2 Å². The van der Waals surface area contributed by atoms with E-state index in [4.69, 9.17) is 41.4 Å². The van der Waals surface area contributed by atoms with E-state index in [-0.39, 0.29) is 57.4 Å². The number of ketones is 2. The van der Waals surface area contributed by atoms with Crippen molar-refractivity contribution in [3.63, 3.8) is 0 Å². The molecule has 1 aromatic rings. The molecule has 9 heteroatoms. The van der Waals surface area contributed by atoms with Crippen molar-refractivity contribution >= 4 is 52.3 Å². The molecule has 236 valence electrons. The monoisotopic (exact) mass is 657 g/mol. The van der Waals surface area contributed by atoms with Gasteiger partial charge in [-0.25, -0.2) is 9.83 Å². The summed E-state index contributed by atoms with van der Waals surface area (Å²) in [6, 6.07) is 0. The highest BCUT2D eigenvalue weighted by molar-refractivity contribution is 6.66. The number of carbonyl (C=O) groups is 3. The van der Waals surface area contributed by atoms with Crippen LogP contribution in [0, 0.1) is 56.8 Å². The molecule has 0 N–H and O–H groups in total. The number of carbonyl (C=O) groups excluding carboxylic acids is 3. The molecule has 1 aromatic heterocycles. The molecule has 1 heterocycles. The Morgan fingerprint density at radius 1 is 1.02 bits per heavy atom. The fraction of sp³-hybridized carbons (Fsp3) is 0.686. The molecular formula is C35H42Cl3N3O3.